The van der Waals surface area contributed by atoms with Gasteiger partial charge in [0.2, 0.25) is 0 Å². The van der Waals surface area contributed by atoms with Crippen molar-refractivity contribution < 1.29 is 9.53 Å². The molecule has 1 aromatic carbocycles. The lowest BCUT2D eigenvalue weighted by Crippen LogP contribution is -2.46. The predicted molar refractivity (Wildman–Crippen MR) is 86.1 cm³/mol. The van der Waals surface area contributed by atoms with E-state index in [0.29, 0.717) is 5.92 Å². The number of nitrogens with one attached hydrogen (secondary N) is 2. The lowest BCUT2D eigenvalue weighted by atomic mass is 9.80. The Balaban J connectivity index is 1.75. The Morgan fingerprint density at radius 3 is 2.73 bits per heavy atom. The van der Waals surface area contributed by atoms with Crippen LogP contribution in [0.2, 0.25) is 0 Å². The van der Waals surface area contributed by atoms with E-state index in [9.17, 15) is 4.79 Å². The van der Waals surface area contributed by atoms with Crippen LogP contribution in [0.5, 0.6) is 0 Å². The quantitative estimate of drug-likeness (QED) is 0.843. The Hall–Kier alpha value is -1.39. The van der Waals surface area contributed by atoms with Crippen LogP contribution in [0.3, 0.4) is 0 Å². The van der Waals surface area contributed by atoms with Crippen LogP contribution in [0.15, 0.2) is 30.3 Å². The molecule has 1 saturated carbocycles. The van der Waals surface area contributed by atoms with Crippen LogP contribution in [0, 0.1) is 5.92 Å². The van der Waals surface area contributed by atoms with E-state index in [2.05, 4.69) is 35.1 Å². The van der Waals surface area contributed by atoms with Gasteiger partial charge < -0.3 is 4.74 Å². The Morgan fingerprint density at radius 1 is 1.32 bits per heavy atom. The van der Waals surface area contributed by atoms with Crippen LogP contribution >= 0.6 is 0 Å². The van der Waals surface area contributed by atoms with Crippen LogP contribution in [-0.4, -0.2) is 23.2 Å². The summed E-state index contributed by atoms with van der Waals surface area (Å²) >= 11 is 0. The Morgan fingerprint density at radius 2 is 2.05 bits per heavy atom. The zero-order valence-corrected chi connectivity index (χ0v) is 13.7. The zero-order valence-electron chi connectivity index (χ0n) is 13.7. The highest BCUT2D eigenvalue weighted by molar-refractivity contribution is 5.77. The molecule has 22 heavy (non-hydrogen) atoms. The zero-order chi connectivity index (χ0) is 15.8. The van der Waals surface area contributed by atoms with Crippen molar-refractivity contribution in [2.75, 3.05) is 0 Å². The van der Waals surface area contributed by atoms with Crippen molar-refractivity contribution in [2.45, 2.75) is 63.6 Å². The van der Waals surface area contributed by atoms with Crippen LogP contribution in [0.4, 0.5) is 0 Å². The summed E-state index contributed by atoms with van der Waals surface area (Å²) in [6.07, 6.45) is 4.27. The molecule has 120 valence electrons. The van der Waals surface area contributed by atoms with Crippen molar-refractivity contribution in [2.24, 2.45) is 5.92 Å². The van der Waals surface area contributed by atoms with E-state index < -0.39 is 5.60 Å². The van der Waals surface area contributed by atoms with Crippen molar-refractivity contribution in [3.8, 4) is 0 Å². The summed E-state index contributed by atoms with van der Waals surface area (Å²) in [4.78, 5) is 12.5. The van der Waals surface area contributed by atoms with E-state index in [1.165, 1.54) is 5.56 Å². The van der Waals surface area contributed by atoms with E-state index >= 15 is 0 Å². The SMILES string of the molecule is CC(C)(C)OC(=O)C1NNC2(Cc3ccccc3)CCCC12. The summed E-state index contributed by atoms with van der Waals surface area (Å²) in [7, 11) is 0. The van der Waals surface area contributed by atoms with Crippen molar-refractivity contribution in [3.63, 3.8) is 0 Å². The first-order valence-electron chi connectivity index (χ1n) is 8.19. The number of ether oxygens (including phenoxy) is 1. The number of benzene rings is 1. The summed E-state index contributed by atoms with van der Waals surface area (Å²) in [6.45, 7) is 5.75. The average Bonchev–Trinajstić information content (AvgIpc) is 2.95. The minimum atomic E-state index is -0.442. The molecule has 0 amide bonds. The van der Waals surface area contributed by atoms with Gasteiger partial charge in [-0.05, 0) is 45.6 Å². The van der Waals surface area contributed by atoms with Crippen LogP contribution in [0.1, 0.15) is 45.6 Å². The topological polar surface area (TPSA) is 50.4 Å². The molecular formula is C18H26N2O2. The molecule has 3 rings (SSSR count). The second-order valence-electron chi connectivity index (χ2n) is 7.60. The lowest BCUT2D eigenvalue weighted by Gasteiger charge is -2.30. The number of rotatable bonds is 3. The summed E-state index contributed by atoms with van der Waals surface area (Å²) < 4.78 is 5.58. The summed E-state index contributed by atoms with van der Waals surface area (Å²) in [5, 5.41) is 0. The molecule has 1 saturated heterocycles. The minimum Gasteiger partial charge on any atom is -0.459 e. The first kappa shape index (κ1) is 15.5. The number of esters is 1. The van der Waals surface area contributed by atoms with Crippen molar-refractivity contribution in [3.05, 3.63) is 35.9 Å². The largest absolute Gasteiger partial charge is 0.459 e. The van der Waals surface area contributed by atoms with Gasteiger partial charge >= 0.3 is 5.97 Å². The first-order valence-corrected chi connectivity index (χ1v) is 8.19. The van der Waals surface area contributed by atoms with Gasteiger partial charge in [0.25, 0.3) is 0 Å². The molecule has 0 aromatic heterocycles. The molecular weight excluding hydrogens is 276 g/mol. The van der Waals surface area contributed by atoms with E-state index in [-0.39, 0.29) is 17.6 Å². The molecule has 1 aliphatic heterocycles. The third-order valence-corrected chi connectivity index (χ3v) is 4.75. The van der Waals surface area contributed by atoms with Gasteiger partial charge in [-0.1, -0.05) is 36.8 Å². The van der Waals surface area contributed by atoms with Crippen LogP contribution in [-0.2, 0) is 16.0 Å². The summed E-state index contributed by atoms with van der Waals surface area (Å²) in [5.74, 6) is 0.157. The second kappa shape index (κ2) is 5.67. The molecule has 0 spiro atoms. The molecule has 1 heterocycles. The van der Waals surface area contributed by atoms with E-state index in [1.807, 2.05) is 26.8 Å². The monoisotopic (exact) mass is 302 g/mol. The number of hydrogen-bond acceptors (Lipinski definition) is 4. The molecule has 2 aliphatic rings. The number of fused-ring (bicyclic) bond motifs is 1. The van der Waals surface area contributed by atoms with E-state index in [4.69, 9.17) is 4.74 Å². The third kappa shape index (κ3) is 3.03. The molecule has 4 heteroatoms. The molecule has 1 aliphatic carbocycles. The molecule has 2 fully saturated rings. The lowest BCUT2D eigenvalue weighted by molar-refractivity contribution is -0.158. The van der Waals surface area contributed by atoms with E-state index in [1.54, 1.807) is 0 Å². The maximum Gasteiger partial charge on any atom is 0.325 e. The normalized spacial score (nSPS) is 31.0. The van der Waals surface area contributed by atoms with Gasteiger partial charge in [0, 0.05) is 11.5 Å². The molecule has 1 aromatic rings. The number of hydrogen-bond donors (Lipinski definition) is 2. The van der Waals surface area contributed by atoms with Gasteiger partial charge in [0.15, 0.2) is 0 Å². The van der Waals surface area contributed by atoms with Crippen LogP contribution in [0.25, 0.3) is 0 Å². The average molecular weight is 302 g/mol. The predicted octanol–water partition coefficient (Wildman–Crippen LogP) is 2.59. The highest BCUT2D eigenvalue weighted by Gasteiger charge is 2.54. The van der Waals surface area contributed by atoms with Gasteiger partial charge in [0.05, 0.1) is 0 Å². The fourth-order valence-corrected chi connectivity index (χ4v) is 3.87. The van der Waals surface area contributed by atoms with Gasteiger partial charge in [-0.15, -0.1) is 0 Å². The molecule has 2 N–H and O–H groups in total. The van der Waals surface area contributed by atoms with E-state index in [0.717, 1.165) is 25.7 Å². The molecule has 0 radical (unpaired) electrons. The highest BCUT2D eigenvalue weighted by Crippen LogP contribution is 2.43. The summed E-state index contributed by atoms with van der Waals surface area (Å²) in [6, 6.07) is 10.3. The molecule has 3 atom stereocenters. The maximum absolute atomic E-state index is 12.5. The Bertz CT molecular complexity index is 538. The standard InChI is InChI=1S/C18H26N2O2/c1-17(2,3)22-16(21)15-14-10-7-11-18(14,20-19-15)12-13-8-5-4-6-9-13/h4-6,8-9,14-15,19-20H,7,10-12H2,1-3H3. The molecule has 3 unspecified atom stereocenters. The molecule has 0 bridgehead atoms. The summed E-state index contributed by atoms with van der Waals surface area (Å²) in [5.41, 5.74) is 7.51. The Kier molecular flexibility index (Phi) is 4.00. The number of carbonyl (C=O) groups excluding carboxylic acids is 1. The smallest absolute Gasteiger partial charge is 0.325 e. The second-order valence-corrected chi connectivity index (χ2v) is 7.60. The van der Waals surface area contributed by atoms with Gasteiger partial charge in [-0.2, -0.15) is 0 Å². The van der Waals surface area contributed by atoms with Crippen molar-refractivity contribution in [1.29, 1.82) is 0 Å². The highest BCUT2D eigenvalue weighted by atomic mass is 16.6. The minimum absolute atomic E-state index is 0.0249. The number of carbonyl (C=O) groups is 1. The fraction of sp³-hybridized carbons (Fsp3) is 0.611. The van der Waals surface area contributed by atoms with Crippen molar-refractivity contribution >= 4 is 5.97 Å². The third-order valence-electron chi connectivity index (χ3n) is 4.75. The first-order chi connectivity index (χ1) is 10.4. The number of hydrazine groups is 1. The fourth-order valence-electron chi connectivity index (χ4n) is 3.87. The van der Waals surface area contributed by atoms with Crippen molar-refractivity contribution in [1.82, 2.24) is 10.9 Å². The van der Waals surface area contributed by atoms with Gasteiger partial charge in [-0.25, -0.2) is 5.43 Å². The maximum atomic E-state index is 12.5. The van der Waals surface area contributed by atoms with Gasteiger partial charge in [-0.3, -0.25) is 10.2 Å². The van der Waals surface area contributed by atoms with Gasteiger partial charge in [0.1, 0.15) is 11.6 Å². The Labute approximate surface area is 132 Å². The molecule has 4 nitrogen and oxygen atoms in total. The van der Waals surface area contributed by atoms with Crippen LogP contribution < -0.4 is 10.9 Å².